The Hall–Kier alpha value is -3.51. The van der Waals surface area contributed by atoms with Gasteiger partial charge in [0.1, 0.15) is 0 Å². The lowest BCUT2D eigenvalue weighted by Gasteiger charge is -2.28. The molecule has 0 saturated carbocycles. The van der Waals surface area contributed by atoms with Gasteiger partial charge in [-0.05, 0) is 47.9 Å². The van der Waals surface area contributed by atoms with E-state index in [1.54, 1.807) is 18.1 Å². The number of rotatable bonds is 9. The normalized spacial score (nSPS) is 13.4. The van der Waals surface area contributed by atoms with Gasteiger partial charge in [0.05, 0.1) is 26.2 Å². The van der Waals surface area contributed by atoms with Crippen molar-refractivity contribution in [3.8, 4) is 11.5 Å². The Morgan fingerprint density at radius 1 is 1.09 bits per heavy atom. The molecule has 3 aromatic rings. The summed E-state index contributed by atoms with van der Waals surface area (Å²) in [5.41, 5.74) is 3.25. The van der Waals surface area contributed by atoms with Crippen LogP contribution in [0.25, 0.3) is 0 Å². The van der Waals surface area contributed by atoms with E-state index in [0.29, 0.717) is 41.8 Å². The number of halogens is 1. The summed E-state index contributed by atoms with van der Waals surface area (Å²) >= 11 is 6.23. The summed E-state index contributed by atoms with van der Waals surface area (Å²) in [7, 11) is 1.57. The quantitative estimate of drug-likeness (QED) is 0.461. The summed E-state index contributed by atoms with van der Waals surface area (Å²) in [6.45, 7) is 3.15. The Bertz CT molecular complexity index is 1200. The van der Waals surface area contributed by atoms with Crippen LogP contribution in [0.1, 0.15) is 46.4 Å². The van der Waals surface area contributed by atoms with Gasteiger partial charge in [-0.25, -0.2) is 0 Å². The molecule has 0 fully saturated rings. The van der Waals surface area contributed by atoms with Crippen LogP contribution >= 0.6 is 11.6 Å². The second-order valence-corrected chi connectivity index (χ2v) is 8.43. The van der Waals surface area contributed by atoms with Gasteiger partial charge in [0, 0.05) is 23.7 Å². The Morgan fingerprint density at radius 2 is 1.85 bits per heavy atom. The van der Waals surface area contributed by atoms with Crippen molar-refractivity contribution in [2.24, 2.45) is 0 Å². The van der Waals surface area contributed by atoms with Gasteiger partial charge in [0.15, 0.2) is 11.5 Å². The Morgan fingerprint density at radius 3 is 2.59 bits per heavy atom. The van der Waals surface area contributed by atoms with E-state index in [1.807, 2.05) is 67.6 Å². The number of ether oxygens (including phenoxy) is 2. The summed E-state index contributed by atoms with van der Waals surface area (Å²) < 4.78 is 11.2. The minimum Gasteiger partial charge on any atom is -0.493 e. The van der Waals surface area contributed by atoms with Gasteiger partial charge in [-0.1, -0.05) is 54.1 Å². The van der Waals surface area contributed by atoms with Crippen LogP contribution in [-0.4, -0.2) is 30.4 Å². The van der Waals surface area contributed by atoms with Crippen molar-refractivity contribution in [2.75, 3.05) is 13.7 Å². The average molecular weight is 479 g/mol. The average Bonchev–Trinajstić information content (AvgIpc) is 3.19. The second-order valence-electron chi connectivity index (χ2n) is 8.02. The van der Waals surface area contributed by atoms with Gasteiger partial charge >= 0.3 is 0 Å². The summed E-state index contributed by atoms with van der Waals surface area (Å²) in [6, 6.07) is 20.0. The summed E-state index contributed by atoms with van der Waals surface area (Å²) in [6.07, 6.45) is 0.0985. The zero-order chi connectivity index (χ0) is 24.1. The van der Waals surface area contributed by atoms with Gasteiger partial charge < -0.3 is 19.7 Å². The SMILES string of the molecule is CCOc1ccc([C@@H](CC(=O)NCc2ccccc2Cl)N2Cc3ccccc3C2=O)cc1OC. The lowest BCUT2D eigenvalue weighted by Crippen LogP contribution is -2.34. The number of hydrogen-bond donors (Lipinski definition) is 1. The lowest BCUT2D eigenvalue weighted by atomic mass is 10.0. The molecule has 0 radical (unpaired) electrons. The molecule has 1 atom stereocenters. The third-order valence-corrected chi connectivity index (χ3v) is 6.28. The number of fused-ring (bicyclic) bond motifs is 1. The van der Waals surface area contributed by atoms with E-state index in [-0.39, 0.29) is 18.2 Å². The third kappa shape index (κ3) is 5.02. The van der Waals surface area contributed by atoms with Crippen molar-refractivity contribution in [3.63, 3.8) is 0 Å². The molecule has 3 aromatic carbocycles. The van der Waals surface area contributed by atoms with Crippen LogP contribution in [0.5, 0.6) is 11.5 Å². The van der Waals surface area contributed by atoms with Gasteiger partial charge in [-0.15, -0.1) is 0 Å². The number of nitrogens with zero attached hydrogens (tertiary/aromatic N) is 1. The number of methoxy groups -OCH3 is 1. The molecule has 176 valence electrons. The number of nitrogens with one attached hydrogen (secondary N) is 1. The van der Waals surface area contributed by atoms with E-state index in [2.05, 4.69) is 5.32 Å². The van der Waals surface area contributed by atoms with Gasteiger partial charge in [-0.3, -0.25) is 9.59 Å². The molecule has 0 aliphatic carbocycles. The molecule has 0 saturated heterocycles. The summed E-state index contributed by atoms with van der Waals surface area (Å²) in [5.74, 6) is 0.908. The molecular formula is C27H27ClN2O4. The van der Waals surface area contributed by atoms with Crippen molar-refractivity contribution in [1.82, 2.24) is 10.2 Å². The van der Waals surface area contributed by atoms with Crippen LogP contribution in [0.3, 0.4) is 0 Å². The first-order chi connectivity index (χ1) is 16.5. The fourth-order valence-corrected chi connectivity index (χ4v) is 4.39. The highest BCUT2D eigenvalue weighted by Crippen LogP contribution is 2.37. The smallest absolute Gasteiger partial charge is 0.255 e. The van der Waals surface area contributed by atoms with Crippen LogP contribution in [0.4, 0.5) is 0 Å². The van der Waals surface area contributed by atoms with Gasteiger partial charge in [0.2, 0.25) is 5.91 Å². The van der Waals surface area contributed by atoms with Crippen LogP contribution in [-0.2, 0) is 17.9 Å². The van der Waals surface area contributed by atoms with E-state index in [1.165, 1.54) is 0 Å². The third-order valence-electron chi connectivity index (χ3n) is 5.91. The number of carbonyl (C=O) groups is 2. The van der Waals surface area contributed by atoms with E-state index < -0.39 is 6.04 Å². The Labute approximate surface area is 204 Å². The van der Waals surface area contributed by atoms with E-state index in [4.69, 9.17) is 21.1 Å². The maximum Gasteiger partial charge on any atom is 0.255 e. The van der Waals surface area contributed by atoms with E-state index >= 15 is 0 Å². The molecule has 6 nitrogen and oxygen atoms in total. The first-order valence-corrected chi connectivity index (χ1v) is 11.6. The molecule has 0 unspecified atom stereocenters. The van der Waals surface area contributed by atoms with Crippen LogP contribution in [0.15, 0.2) is 66.7 Å². The maximum absolute atomic E-state index is 13.3. The molecule has 0 aromatic heterocycles. The summed E-state index contributed by atoms with van der Waals surface area (Å²) in [4.78, 5) is 28.0. The highest BCUT2D eigenvalue weighted by molar-refractivity contribution is 6.31. The van der Waals surface area contributed by atoms with Crippen LogP contribution < -0.4 is 14.8 Å². The number of amides is 2. The predicted octanol–water partition coefficient (Wildman–Crippen LogP) is 5.15. The highest BCUT2D eigenvalue weighted by Gasteiger charge is 2.34. The van der Waals surface area contributed by atoms with E-state index in [0.717, 1.165) is 16.7 Å². The molecule has 7 heteroatoms. The molecule has 0 bridgehead atoms. The minimum absolute atomic E-state index is 0.0904. The molecular weight excluding hydrogens is 452 g/mol. The molecule has 1 N–H and O–H groups in total. The summed E-state index contributed by atoms with van der Waals surface area (Å²) in [5, 5.41) is 3.54. The predicted molar refractivity (Wildman–Crippen MR) is 131 cm³/mol. The number of hydrogen-bond acceptors (Lipinski definition) is 4. The Balaban J connectivity index is 1.60. The lowest BCUT2D eigenvalue weighted by molar-refractivity contribution is -0.122. The number of carbonyl (C=O) groups excluding carboxylic acids is 2. The van der Waals surface area contributed by atoms with Crippen LogP contribution in [0.2, 0.25) is 5.02 Å². The van der Waals surface area contributed by atoms with Crippen LogP contribution in [0, 0.1) is 0 Å². The molecule has 1 aliphatic rings. The molecule has 34 heavy (non-hydrogen) atoms. The molecule has 4 rings (SSSR count). The van der Waals surface area contributed by atoms with E-state index in [9.17, 15) is 9.59 Å². The number of benzene rings is 3. The first kappa shape index (κ1) is 23.6. The largest absolute Gasteiger partial charge is 0.493 e. The molecule has 0 spiro atoms. The monoisotopic (exact) mass is 478 g/mol. The van der Waals surface area contributed by atoms with Crippen molar-refractivity contribution >= 4 is 23.4 Å². The first-order valence-electron chi connectivity index (χ1n) is 11.2. The van der Waals surface area contributed by atoms with Crippen molar-refractivity contribution in [3.05, 3.63) is 94.0 Å². The fourth-order valence-electron chi connectivity index (χ4n) is 4.19. The zero-order valence-electron chi connectivity index (χ0n) is 19.2. The Kier molecular flexibility index (Phi) is 7.38. The van der Waals surface area contributed by atoms with Crippen molar-refractivity contribution < 1.29 is 19.1 Å². The highest BCUT2D eigenvalue weighted by atomic mass is 35.5. The van der Waals surface area contributed by atoms with Crippen molar-refractivity contribution in [2.45, 2.75) is 32.5 Å². The maximum atomic E-state index is 13.3. The minimum atomic E-state index is -0.476. The van der Waals surface area contributed by atoms with Gasteiger partial charge in [-0.2, -0.15) is 0 Å². The molecule has 2 amide bonds. The molecule has 1 heterocycles. The zero-order valence-corrected chi connectivity index (χ0v) is 20.0. The molecule has 1 aliphatic heterocycles. The fraction of sp³-hybridized carbons (Fsp3) is 0.259. The van der Waals surface area contributed by atoms with Gasteiger partial charge in [0.25, 0.3) is 5.91 Å². The standard InChI is InChI=1S/C27H27ClN2O4/c1-3-34-24-13-12-18(14-25(24)33-2)23(30-17-20-9-4-6-10-21(20)27(30)32)15-26(31)29-16-19-8-5-7-11-22(19)28/h4-14,23H,3,15-17H2,1-2H3,(H,29,31)/t23-/m1/s1. The topological polar surface area (TPSA) is 67.9 Å². The van der Waals surface area contributed by atoms with Crippen molar-refractivity contribution in [1.29, 1.82) is 0 Å². The second kappa shape index (κ2) is 10.6.